The number of hydrogen-bond acceptors (Lipinski definition) is 0. The van der Waals surface area contributed by atoms with Crippen molar-refractivity contribution >= 4 is 24.0 Å². The molecular weight excluding hydrogens is 292 g/mol. The van der Waals surface area contributed by atoms with Crippen LogP contribution < -0.4 is 0 Å². The van der Waals surface area contributed by atoms with Crippen molar-refractivity contribution in [1.82, 2.24) is 0 Å². The average Bonchev–Trinajstić information content (AvgIpc) is 2.82. The first-order chi connectivity index (χ1) is 9.97. The zero-order chi connectivity index (χ0) is 15.5. The lowest BCUT2D eigenvalue weighted by atomic mass is 9.90. The smallest absolute Gasteiger partial charge is 0.161 e. The quantitative estimate of drug-likeness (QED) is 0.384. The van der Waals surface area contributed by atoms with Crippen molar-refractivity contribution in [3.63, 3.8) is 0 Å². The first-order valence-electron chi connectivity index (χ1n) is 8.46. The second-order valence-electron chi connectivity index (χ2n) is 6.94. The van der Waals surface area contributed by atoms with Gasteiger partial charge < -0.3 is 0 Å². The van der Waals surface area contributed by atoms with Crippen LogP contribution in [0.5, 0.6) is 0 Å². The SMILES string of the molecule is CCCCC(CC)CC1=CC([Si](C)(C)Cl)c2ccccc21. The number of hydrogen-bond donors (Lipinski definition) is 0. The Morgan fingerprint density at radius 2 is 1.90 bits per heavy atom. The predicted molar refractivity (Wildman–Crippen MR) is 98.4 cm³/mol. The predicted octanol–water partition coefficient (Wildman–Crippen LogP) is 6.76. The van der Waals surface area contributed by atoms with E-state index in [1.807, 2.05) is 0 Å². The molecule has 2 atom stereocenters. The van der Waals surface area contributed by atoms with Crippen LogP contribution in [0.1, 0.15) is 62.6 Å². The summed E-state index contributed by atoms with van der Waals surface area (Å²) in [7, 11) is -1.71. The third kappa shape index (κ3) is 4.01. The summed E-state index contributed by atoms with van der Waals surface area (Å²) in [6, 6.07) is 8.91. The Bertz CT molecular complexity index is 499. The number of benzene rings is 1. The van der Waals surface area contributed by atoms with E-state index < -0.39 is 7.38 Å². The summed E-state index contributed by atoms with van der Waals surface area (Å²) < 4.78 is 0. The van der Waals surface area contributed by atoms with E-state index in [1.165, 1.54) is 43.2 Å². The largest absolute Gasteiger partial charge is 0.167 e. The van der Waals surface area contributed by atoms with Gasteiger partial charge in [-0.05, 0) is 29.0 Å². The van der Waals surface area contributed by atoms with Gasteiger partial charge in [0.25, 0.3) is 0 Å². The van der Waals surface area contributed by atoms with Gasteiger partial charge in [0.1, 0.15) is 0 Å². The monoisotopic (exact) mass is 320 g/mol. The van der Waals surface area contributed by atoms with Crippen molar-refractivity contribution in [3.8, 4) is 0 Å². The molecule has 2 heteroatoms. The highest BCUT2D eigenvalue weighted by molar-refractivity contribution is 7.20. The van der Waals surface area contributed by atoms with E-state index in [4.69, 9.17) is 11.1 Å². The van der Waals surface area contributed by atoms with E-state index in [0.717, 1.165) is 5.92 Å². The minimum atomic E-state index is -1.71. The highest BCUT2D eigenvalue weighted by Gasteiger charge is 2.35. The average molecular weight is 321 g/mol. The molecular formula is C19H29ClSi. The van der Waals surface area contributed by atoms with Gasteiger partial charge >= 0.3 is 0 Å². The van der Waals surface area contributed by atoms with Gasteiger partial charge in [0, 0.05) is 5.54 Å². The third-order valence-corrected chi connectivity index (χ3v) is 7.46. The molecule has 1 aromatic rings. The Labute approximate surface area is 136 Å². The minimum absolute atomic E-state index is 0.481. The van der Waals surface area contributed by atoms with Crippen molar-refractivity contribution in [1.29, 1.82) is 0 Å². The van der Waals surface area contributed by atoms with Crippen LogP contribution in [-0.2, 0) is 0 Å². The molecule has 116 valence electrons. The van der Waals surface area contributed by atoms with Gasteiger partial charge in [0.05, 0.1) is 0 Å². The molecule has 2 unspecified atom stereocenters. The summed E-state index contributed by atoms with van der Waals surface area (Å²) in [5, 5.41) is 0. The van der Waals surface area contributed by atoms with Gasteiger partial charge in [0.15, 0.2) is 7.38 Å². The second kappa shape index (κ2) is 7.15. The molecule has 0 saturated carbocycles. The van der Waals surface area contributed by atoms with Crippen LogP contribution >= 0.6 is 11.1 Å². The molecule has 0 heterocycles. The molecule has 0 N–H and O–H groups in total. The van der Waals surface area contributed by atoms with Crippen molar-refractivity contribution in [2.24, 2.45) is 5.92 Å². The van der Waals surface area contributed by atoms with Gasteiger partial charge in [0.2, 0.25) is 0 Å². The highest BCUT2D eigenvalue weighted by atomic mass is 35.6. The summed E-state index contributed by atoms with van der Waals surface area (Å²) >= 11 is 6.78. The zero-order valence-electron chi connectivity index (χ0n) is 14.0. The molecule has 0 radical (unpaired) electrons. The lowest BCUT2D eigenvalue weighted by Gasteiger charge is -2.21. The fraction of sp³-hybridized carbons (Fsp3) is 0.579. The van der Waals surface area contributed by atoms with Crippen molar-refractivity contribution in [2.75, 3.05) is 0 Å². The molecule has 0 spiro atoms. The van der Waals surface area contributed by atoms with Gasteiger partial charge in [-0.15, -0.1) is 0 Å². The van der Waals surface area contributed by atoms with Crippen LogP contribution in [0.4, 0.5) is 0 Å². The van der Waals surface area contributed by atoms with Gasteiger partial charge in [-0.1, -0.05) is 83.0 Å². The Hall–Kier alpha value is -0.533. The normalized spacial score (nSPS) is 19.3. The first kappa shape index (κ1) is 16.8. The standard InChI is InChI=1S/C19H29ClSi/c1-5-7-10-15(6-2)13-16-14-19(21(3,4)20)18-12-9-8-11-17(16)18/h8-9,11-12,14-15,19H,5-7,10,13H2,1-4H3. The second-order valence-corrected chi connectivity index (χ2v) is 13.6. The first-order valence-corrected chi connectivity index (χ1v) is 12.5. The Morgan fingerprint density at radius 3 is 2.52 bits per heavy atom. The molecule has 21 heavy (non-hydrogen) atoms. The molecule has 2 rings (SSSR count). The molecule has 0 aromatic heterocycles. The number of rotatable bonds is 7. The topological polar surface area (TPSA) is 0 Å². The maximum Gasteiger partial charge on any atom is 0.161 e. The molecule has 0 fully saturated rings. The van der Waals surface area contributed by atoms with E-state index >= 15 is 0 Å². The summed E-state index contributed by atoms with van der Waals surface area (Å²) in [6.45, 7) is 9.15. The molecule has 0 amide bonds. The fourth-order valence-electron chi connectivity index (χ4n) is 3.44. The molecule has 0 saturated heterocycles. The van der Waals surface area contributed by atoms with Crippen LogP contribution in [0.25, 0.3) is 5.57 Å². The third-order valence-electron chi connectivity index (χ3n) is 4.80. The van der Waals surface area contributed by atoms with E-state index in [0.29, 0.717) is 5.54 Å². The van der Waals surface area contributed by atoms with Crippen LogP contribution in [0.3, 0.4) is 0 Å². The molecule has 1 aliphatic rings. The maximum absolute atomic E-state index is 6.78. The summed E-state index contributed by atoms with van der Waals surface area (Å²) in [5.74, 6) is 0.822. The highest BCUT2D eigenvalue weighted by Crippen LogP contribution is 2.45. The van der Waals surface area contributed by atoms with Crippen LogP contribution in [0.2, 0.25) is 13.1 Å². The molecule has 0 aliphatic heterocycles. The van der Waals surface area contributed by atoms with Gasteiger partial charge in [-0.3, -0.25) is 0 Å². The minimum Gasteiger partial charge on any atom is -0.167 e. The molecule has 1 aliphatic carbocycles. The Morgan fingerprint density at radius 1 is 1.19 bits per heavy atom. The number of allylic oxidation sites excluding steroid dienone is 2. The molecule has 1 aromatic carbocycles. The number of unbranched alkanes of at least 4 members (excludes halogenated alkanes) is 1. The van der Waals surface area contributed by atoms with E-state index in [-0.39, 0.29) is 0 Å². The number of fused-ring (bicyclic) bond motifs is 1. The van der Waals surface area contributed by atoms with E-state index in [1.54, 1.807) is 5.57 Å². The van der Waals surface area contributed by atoms with Crippen LogP contribution in [-0.4, -0.2) is 7.38 Å². The lowest BCUT2D eigenvalue weighted by molar-refractivity contribution is 0.461. The zero-order valence-corrected chi connectivity index (χ0v) is 15.7. The van der Waals surface area contributed by atoms with Gasteiger partial charge in [-0.25, -0.2) is 0 Å². The fourth-order valence-corrected chi connectivity index (χ4v) is 5.57. The Balaban J connectivity index is 2.23. The molecule has 0 nitrogen and oxygen atoms in total. The lowest BCUT2D eigenvalue weighted by Crippen LogP contribution is -2.25. The van der Waals surface area contributed by atoms with Crippen LogP contribution in [0.15, 0.2) is 30.3 Å². The van der Waals surface area contributed by atoms with E-state index in [2.05, 4.69) is 57.3 Å². The Kier molecular flexibility index (Phi) is 5.73. The number of halogens is 1. The van der Waals surface area contributed by atoms with Crippen LogP contribution in [0, 0.1) is 5.92 Å². The van der Waals surface area contributed by atoms with Crippen molar-refractivity contribution < 1.29 is 0 Å². The van der Waals surface area contributed by atoms with Gasteiger partial charge in [-0.2, -0.15) is 11.1 Å². The molecule has 0 bridgehead atoms. The maximum atomic E-state index is 6.78. The van der Waals surface area contributed by atoms with Crippen molar-refractivity contribution in [2.45, 2.75) is 64.6 Å². The van der Waals surface area contributed by atoms with Crippen molar-refractivity contribution in [3.05, 3.63) is 41.5 Å². The summed E-state index contributed by atoms with van der Waals surface area (Å²) in [4.78, 5) is 0. The van der Waals surface area contributed by atoms with E-state index in [9.17, 15) is 0 Å². The summed E-state index contributed by atoms with van der Waals surface area (Å²) in [6.07, 6.45) is 9.03. The summed E-state index contributed by atoms with van der Waals surface area (Å²) in [5.41, 5.74) is 4.98.